The van der Waals surface area contributed by atoms with Crippen LogP contribution in [0.15, 0.2) is 67.0 Å². The number of carbonyl (C=O) groups excluding carboxylic acids is 1. The van der Waals surface area contributed by atoms with Crippen molar-refractivity contribution in [3.63, 3.8) is 0 Å². The summed E-state index contributed by atoms with van der Waals surface area (Å²) in [6.45, 7) is 2.67. The van der Waals surface area contributed by atoms with Crippen molar-refractivity contribution in [1.29, 1.82) is 0 Å². The molecule has 0 spiro atoms. The Kier molecular flexibility index (Phi) is 5.47. The Morgan fingerprint density at radius 1 is 0.964 bits per heavy atom. The van der Waals surface area contributed by atoms with Gasteiger partial charge >= 0.3 is 0 Å². The molecule has 0 aliphatic carbocycles. The van der Waals surface area contributed by atoms with Gasteiger partial charge in [0.25, 0.3) is 5.91 Å². The zero-order valence-electron chi connectivity index (χ0n) is 15.6. The summed E-state index contributed by atoms with van der Waals surface area (Å²) in [6.07, 6.45) is 5.83. The van der Waals surface area contributed by atoms with Crippen LogP contribution in [0.2, 0.25) is 0 Å². The summed E-state index contributed by atoms with van der Waals surface area (Å²) < 4.78 is 0. The molecule has 1 aromatic carbocycles. The van der Waals surface area contributed by atoms with Gasteiger partial charge in [-0.15, -0.1) is 0 Å². The van der Waals surface area contributed by atoms with E-state index in [1.54, 1.807) is 18.5 Å². The maximum atomic E-state index is 12.2. The van der Waals surface area contributed by atoms with Gasteiger partial charge in [-0.2, -0.15) is 0 Å². The van der Waals surface area contributed by atoms with Gasteiger partial charge in [-0.05, 0) is 61.4 Å². The summed E-state index contributed by atoms with van der Waals surface area (Å²) >= 11 is 0. The molecule has 1 aliphatic heterocycles. The summed E-state index contributed by atoms with van der Waals surface area (Å²) in [4.78, 5) is 23.2. The number of anilines is 3. The third kappa shape index (κ3) is 4.46. The van der Waals surface area contributed by atoms with Gasteiger partial charge in [0, 0.05) is 36.9 Å². The minimum Gasteiger partial charge on any atom is -0.372 e. The fraction of sp³-hybridized carbons (Fsp3) is 0.227. The molecular formula is C22H23N5O. The molecule has 0 bridgehead atoms. The summed E-state index contributed by atoms with van der Waals surface area (Å²) in [7, 11) is 0. The van der Waals surface area contributed by atoms with E-state index < -0.39 is 0 Å². The van der Waals surface area contributed by atoms with Crippen molar-refractivity contribution in [3.05, 3.63) is 78.2 Å². The quantitative estimate of drug-likeness (QED) is 0.689. The molecular weight excluding hydrogens is 350 g/mol. The monoisotopic (exact) mass is 373 g/mol. The van der Waals surface area contributed by atoms with E-state index in [4.69, 9.17) is 0 Å². The van der Waals surface area contributed by atoms with E-state index >= 15 is 0 Å². The van der Waals surface area contributed by atoms with Crippen molar-refractivity contribution in [3.8, 4) is 0 Å². The van der Waals surface area contributed by atoms with Gasteiger partial charge in [-0.1, -0.05) is 6.07 Å². The molecule has 1 aliphatic rings. The van der Waals surface area contributed by atoms with Crippen LogP contribution in [0.1, 0.15) is 28.9 Å². The van der Waals surface area contributed by atoms with E-state index in [2.05, 4.69) is 49.8 Å². The van der Waals surface area contributed by atoms with Crippen molar-refractivity contribution >= 4 is 23.1 Å². The molecule has 2 N–H and O–H groups in total. The molecule has 0 radical (unpaired) electrons. The highest BCUT2D eigenvalue weighted by molar-refractivity contribution is 5.94. The van der Waals surface area contributed by atoms with Crippen molar-refractivity contribution in [2.45, 2.75) is 19.4 Å². The lowest BCUT2D eigenvalue weighted by Gasteiger charge is -2.17. The molecule has 1 amide bonds. The van der Waals surface area contributed by atoms with Crippen molar-refractivity contribution < 1.29 is 4.79 Å². The van der Waals surface area contributed by atoms with Gasteiger partial charge in [-0.3, -0.25) is 9.78 Å². The van der Waals surface area contributed by atoms with E-state index in [0.29, 0.717) is 17.9 Å². The van der Waals surface area contributed by atoms with E-state index in [0.717, 1.165) is 24.5 Å². The molecule has 6 heteroatoms. The zero-order valence-corrected chi connectivity index (χ0v) is 15.6. The number of hydrogen-bond donors (Lipinski definition) is 2. The van der Waals surface area contributed by atoms with Gasteiger partial charge in [-0.25, -0.2) is 4.98 Å². The smallest absolute Gasteiger partial charge is 0.253 e. The number of carbonyl (C=O) groups is 1. The second-order valence-corrected chi connectivity index (χ2v) is 6.80. The number of aromatic nitrogens is 2. The second kappa shape index (κ2) is 8.52. The number of rotatable bonds is 6. The highest BCUT2D eigenvalue weighted by atomic mass is 16.1. The largest absolute Gasteiger partial charge is 0.372 e. The van der Waals surface area contributed by atoms with E-state index in [9.17, 15) is 4.79 Å². The summed E-state index contributed by atoms with van der Waals surface area (Å²) in [5.41, 5.74) is 3.57. The number of nitrogens with zero attached hydrogens (tertiary/aromatic N) is 3. The Hall–Kier alpha value is -3.41. The highest BCUT2D eigenvalue weighted by Crippen LogP contribution is 2.23. The Labute approximate surface area is 164 Å². The molecule has 0 atom stereocenters. The molecule has 1 fully saturated rings. The summed E-state index contributed by atoms with van der Waals surface area (Å²) in [5, 5.41) is 6.13. The van der Waals surface area contributed by atoms with Crippen LogP contribution >= 0.6 is 0 Å². The van der Waals surface area contributed by atoms with Gasteiger partial charge < -0.3 is 15.5 Å². The molecule has 4 rings (SSSR count). The molecule has 1 saturated heterocycles. The van der Waals surface area contributed by atoms with Gasteiger partial charge in [0.1, 0.15) is 5.82 Å². The second-order valence-electron chi connectivity index (χ2n) is 6.80. The van der Waals surface area contributed by atoms with E-state index in [1.807, 2.05) is 24.3 Å². The van der Waals surface area contributed by atoms with E-state index in [1.165, 1.54) is 18.5 Å². The van der Waals surface area contributed by atoms with Crippen LogP contribution in [-0.4, -0.2) is 29.0 Å². The van der Waals surface area contributed by atoms with Crippen LogP contribution in [0.3, 0.4) is 0 Å². The van der Waals surface area contributed by atoms with Gasteiger partial charge in [0.05, 0.1) is 17.8 Å². The molecule has 3 aromatic rings. The molecule has 2 aromatic heterocycles. The van der Waals surface area contributed by atoms with Crippen LogP contribution in [0, 0.1) is 0 Å². The predicted molar refractivity (Wildman–Crippen MR) is 111 cm³/mol. The molecule has 6 nitrogen and oxygen atoms in total. The lowest BCUT2D eigenvalue weighted by Crippen LogP contribution is -2.23. The number of pyridine rings is 2. The Balaban J connectivity index is 1.33. The average Bonchev–Trinajstić information content (AvgIpc) is 3.29. The number of amides is 1. The van der Waals surface area contributed by atoms with Crippen molar-refractivity contribution in [1.82, 2.24) is 15.3 Å². The van der Waals surface area contributed by atoms with Crippen LogP contribution in [0.5, 0.6) is 0 Å². The minimum absolute atomic E-state index is 0.167. The normalized spacial score (nSPS) is 13.4. The van der Waals surface area contributed by atoms with Gasteiger partial charge in [0.15, 0.2) is 0 Å². The maximum Gasteiger partial charge on any atom is 0.253 e. The number of nitrogens with one attached hydrogen (secondary N) is 2. The Morgan fingerprint density at radius 3 is 2.46 bits per heavy atom. The standard InChI is InChI=1S/C22H23N5O/c28-22(25-16-19-5-1-2-12-23-19)17-6-11-21(24-15-17)26-18-7-9-20(10-8-18)27-13-3-4-14-27/h1-2,5-12,15H,3-4,13-14,16H2,(H,24,26)(H,25,28). The molecule has 0 saturated carbocycles. The SMILES string of the molecule is O=C(NCc1ccccn1)c1ccc(Nc2ccc(N3CCCC3)cc2)nc1. The average molecular weight is 373 g/mol. The fourth-order valence-corrected chi connectivity index (χ4v) is 3.26. The van der Waals surface area contributed by atoms with E-state index in [-0.39, 0.29) is 5.91 Å². The fourth-order valence-electron chi connectivity index (χ4n) is 3.26. The van der Waals surface area contributed by atoms with Crippen LogP contribution in [0.4, 0.5) is 17.2 Å². The van der Waals surface area contributed by atoms with Crippen molar-refractivity contribution in [2.75, 3.05) is 23.3 Å². The Bertz CT molecular complexity index is 904. The topological polar surface area (TPSA) is 70.2 Å². The minimum atomic E-state index is -0.167. The molecule has 142 valence electrons. The maximum absolute atomic E-state index is 12.2. The lowest BCUT2D eigenvalue weighted by atomic mass is 10.2. The zero-order chi connectivity index (χ0) is 19.2. The van der Waals surface area contributed by atoms with Crippen LogP contribution in [-0.2, 0) is 6.54 Å². The first-order chi connectivity index (χ1) is 13.8. The summed E-state index contributed by atoms with van der Waals surface area (Å²) in [6, 6.07) is 17.6. The van der Waals surface area contributed by atoms with Crippen LogP contribution < -0.4 is 15.5 Å². The molecule has 0 unspecified atom stereocenters. The number of benzene rings is 1. The highest BCUT2D eigenvalue weighted by Gasteiger charge is 2.12. The third-order valence-electron chi connectivity index (χ3n) is 4.79. The third-order valence-corrected chi connectivity index (χ3v) is 4.79. The molecule has 28 heavy (non-hydrogen) atoms. The lowest BCUT2D eigenvalue weighted by molar-refractivity contribution is 0.0950. The predicted octanol–water partition coefficient (Wildman–Crippen LogP) is 3.75. The van der Waals surface area contributed by atoms with Gasteiger partial charge in [0.2, 0.25) is 0 Å². The number of hydrogen-bond acceptors (Lipinski definition) is 5. The summed E-state index contributed by atoms with van der Waals surface area (Å²) in [5.74, 6) is 0.537. The van der Waals surface area contributed by atoms with Crippen molar-refractivity contribution in [2.24, 2.45) is 0 Å². The first-order valence-electron chi connectivity index (χ1n) is 9.54. The first kappa shape index (κ1) is 18.0. The molecule has 3 heterocycles. The van der Waals surface area contributed by atoms with Crippen LogP contribution in [0.25, 0.3) is 0 Å². The first-order valence-corrected chi connectivity index (χ1v) is 9.54. The Morgan fingerprint density at radius 2 is 1.79 bits per heavy atom.